The summed E-state index contributed by atoms with van der Waals surface area (Å²) in [6.07, 6.45) is 4.55. The van der Waals surface area contributed by atoms with E-state index in [1.807, 2.05) is 6.07 Å². The molecule has 144 valence electrons. The molecule has 1 saturated carbocycles. The third-order valence-corrected chi connectivity index (χ3v) is 6.75. The van der Waals surface area contributed by atoms with Gasteiger partial charge in [-0.05, 0) is 55.4 Å². The van der Waals surface area contributed by atoms with E-state index in [1.165, 1.54) is 29.5 Å². The van der Waals surface area contributed by atoms with Gasteiger partial charge in [0.2, 0.25) is 5.91 Å². The maximum Gasteiger partial charge on any atom is 0.228 e. The Balaban J connectivity index is 1.44. The van der Waals surface area contributed by atoms with E-state index in [-0.39, 0.29) is 12.0 Å². The van der Waals surface area contributed by atoms with Crippen LogP contribution in [0.5, 0.6) is 0 Å². The first-order valence-electron chi connectivity index (χ1n) is 10.4. The molecule has 5 rings (SSSR count). The number of aromatic amines is 1. The summed E-state index contributed by atoms with van der Waals surface area (Å²) in [5.41, 5.74) is 3.73. The number of hydrogen-bond donors (Lipinski definition) is 1. The third-order valence-electron chi connectivity index (χ3n) is 6.51. The molecule has 3 heterocycles. The zero-order valence-electron chi connectivity index (χ0n) is 16.2. The Bertz CT molecular complexity index is 879. The number of nitrogens with zero attached hydrogens (tertiary/aromatic N) is 2. The van der Waals surface area contributed by atoms with Gasteiger partial charge in [-0.3, -0.25) is 9.69 Å². The molecule has 5 heteroatoms. The predicted molar refractivity (Wildman–Crippen MR) is 109 cm³/mol. The Morgan fingerprint density at radius 1 is 1.30 bits per heavy atom. The number of nitrogens with one attached hydrogen (secondary N) is 1. The molecule has 1 aliphatic carbocycles. The number of hydrogen-bond acceptors (Lipinski definition) is 2. The molecule has 4 nitrogen and oxygen atoms in total. The molecular formula is C22H28ClN3O. The lowest BCUT2D eigenvalue weighted by Crippen LogP contribution is -2.56. The molecule has 0 bridgehead atoms. The molecule has 1 amide bonds. The second-order valence-electron chi connectivity index (χ2n) is 9.02. The normalized spacial score (nSPS) is 23.7. The second-order valence-corrected chi connectivity index (χ2v) is 9.45. The van der Waals surface area contributed by atoms with Crippen LogP contribution in [0.15, 0.2) is 18.2 Å². The van der Waals surface area contributed by atoms with Crippen LogP contribution in [0.3, 0.4) is 0 Å². The molecule has 27 heavy (non-hydrogen) atoms. The van der Waals surface area contributed by atoms with Crippen LogP contribution in [0.1, 0.15) is 50.4 Å². The van der Waals surface area contributed by atoms with Crippen LogP contribution in [0, 0.1) is 11.8 Å². The zero-order valence-corrected chi connectivity index (χ0v) is 16.9. The average Bonchev–Trinajstić information content (AvgIpc) is 3.34. The summed E-state index contributed by atoms with van der Waals surface area (Å²) in [5.74, 6) is 1.09. The first-order valence-corrected chi connectivity index (χ1v) is 10.7. The molecular weight excluding hydrogens is 358 g/mol. The number of fused-ring (bicyclic) bond motifs is 3. The van der Waals surface area contributed by atoms with E-state index >= 15 is 0 Å². The van der Waals surface area contributed by atoms with Crippen LogP contribution in [-0.4, -0.2) is 46.4 Å². The van der Waals surface area contributed by atoms with Gasteiger partial charge in [0.05, 0.1) is 12.0 Å². The molecule has 0 radical (unpaired) electrons. The number of carbonyl (C=O) groups is 1. The zero-order chi connectivity index (χ0) is 18.7. The molecule has 0 spiro atoms. The smallest absolute Gasteiger partial charge is 0.228 e. The van der Waals surface area contributed by atoms with Crippen LogP contribution in [-0.2, 0) is 11.2 Å². The van der Waals surface area contributed by atoms with Gasteiger partial charge in [-0.2, -0.15) is 0 Å². The molecule has 1 aromatic heterocycles. The fourth-order valence-corrected chi connectivity index (χ4v) is 5.11. The summed E-state index contributed by atoms with van der Waals surface area (Å²) < 4.78 is 0. The van der Waals surface area contributed by atoms with Gasteiger partial charge >= 0.3 is 0 Å². The van der Waals surface area contributed by atoms with E-state index in [1.54, 1.807) is 0 Å². The predicted octanol–water partition coefficient (Wildman–Crippen LogP) is 4.39. The highest BCUT2D eigenvalue weighted by Gasteiger charge is 2.44. The molecule has 2 fully saturated rings. The minimum Gasteiger partial charge on any atom is -0.356 e. The summed E-state index contributed by atoms with van der Waals surface area (Å²) in [7, 11) is 0. The van der Waals surface area contributed by atoms with Crippen LogP contribution in [0.4, 0.5) is 0 Å². The highest BCUT2D eigenvalue weighted by Crippen LogP contribution is 2.40. The van der Waals surface area contributed by atoms with Gasteiger partial charge in [0.15, 0.2) is 0 Å². The van der Waals surface area contributed by atoms with Gasteiger partial charge in [0.25, 0.3) is 0 Å². The molecule has 2 aliphatic heterocycles. The minimum absolute atomic E-state index is 0.155. The van der Waals surface area contributed by atoms with Crippen molar-refractivity contribution in [3.05, 3.63) is 34.5 Å². The fraction of sp³-hybridized carbons (Fsp3) is 0.591. The van der Waals surface area contributed by atoms with Crippen molar-refractivity contribution in [3.63, 3.8) is 0 Å². The minimum atomic E-state index is 0.155. The maximum atomic E-state index is 13.3. The van der Waals surface area contributed by atoms with Crippen molar-refractivity contribution < 1.29 is 4.79 Å². The number of benzene rings is 1. The number of halogens is 1. The number of H-pyrrole nitrogens is 1. The van der Waals surface area contributed by atoms with E-state index in [2.05, 4.69) is 40.8 Å². The van der Waals surface area contributed by atoms with Crippen molar-refractivity contribution in [3.8, 4) is 0 Å². The van der Waals surface area contributed by atoms with Gasteiger partial charge in [-0.15, -0.1) is 0 Å². The summed E-state index contributed by atoms with van der Waals surface area (Å²) in [5, 5.41) is 2.00. The van der Waals surface area contributed by atoms with Crippen molar-refractivity contribution in [2.45, 2.75) is 51.6 Å². The third kappa shape index (κ3) is 3.07. The lowest BCUT2D eigenvalue weighted by atomic mass is 9.89. The first-order chi connectivity index (χ1) is 13.0. The lowest BCUT2D eigenvalue weighted by molar-refractivity contribution is -0.144. The van der Waals surface area contributed by atoms with Crippen LogP contribution < -0.4 is 0 Å². The monoisotopic (exact) mass is 385 g/mol. The summed E-state index contributed by atoms with van der Waals surface area (Å²) in [6, 6.07) is 6.99. The highest BCUT2D eigenvalue weighted by molar-refractivity contribution is 6.31. The molecule has 0 unspecified atom stereocenters. The summed E-state index contributed by atoms with van der Waals surface area (Å²) in [4.78, 5) is 21.6. The molecule has 3 aliphatic rings. The van der Waals surface area contributed by atoms with Gasteiger partial charge in [-0.25, -0.2) is 0 Å². The Labute approximate surface area is 165 Å². The largest absolute Gasteiger partial charge is 0.356 e. The molecule has 1 N–H and O–H groups in total. The highest BCUT2D eigenvalue weighted by atomic mass is 35.5. The van der Waals surface area contributed by atoms with Gasteiger partial charge in [-0.1, -0.05) is 25.4 Å². The van der Waals surface area contributed by atoms with Gasteiger partial charge < -0.3 is 9.88 Å². The van der Waals surface area contributed by atoms with Crippen molar-refractivity contribution in [1.29, 1.82) is 0 Å². The molecule has 1 saturated heterocycles. The van der Waals surface area contributed by atoms with Crippen LogP contribution in [0.2, 0.25) is 5.02 Å². The Kier molecular flexibility index (Phi) is 4.25. The number of likely N-dealkylation sites (tertiary alicyclic amines) is 1. The Hall–Kier alpha value is -1.52. The maximum absolute atomic E-state index is 13.3. The number of amides is 1. The van der Waals surface area contributed by atoms with E-state index < -0.39 is 0 Å². The van der Waals surface area contributed by atoms with Gasteiger partial charge in [0.1, 0.15) is 0 Å². The lowest BCUT2D eigenvalue weighted by Gasteiger charge is -2.44. The molecule has 1 aromatic carbocycles. The quantitative estimate of drug-likeness (QED) is 0.847. The van der Waals surface area contributed by atoms with Gasteiger partial charge in [0, 0.05) is 47.3 Å². The van der Waals surface area contributed by atoms with Crippen molar-refractivity contribution >= 4 is 28.4 Å². The number of carbonyl (C=O) groups excluding carboxylic acids is 1. The van der Waals surface area contributed by atoms with Crippen molar-refractivity contribution in [2.75, 3.05) is 19.6 Å². The van der Waals surface area contributed by atoms with E-state index in [9.17, 15) is 4.79 Å². The van der Waals surface area contributed by atoms with Crippen LogP contribution >= 0.6 is 11.6 Å². The summed E-state index contributed by atoms with van der Waals surface area (Å²) in [6.45, 7) is 7.24. The van der Waals surface area contributed by atoms with E-state index in [4.69, 9.17) is 11.6 Å². The Morgan fingerprint density at radius 2 is 2.07 bits per heavy atom. The SMILES string of the molecule is CC(C)C[C@H]1c2[nH]c3ccc(Cl)cc3c2CCN1C(=O)C1CN(C2CC2)C1. The van der Waals surface area contributed by atoms with E-state index in [0.29, 0.717) is 11.8 Å². The first kappa shape index (κ1) is 17.6. The second kappa shape index (κ2) is 6.52. The summed E-state index contributed by atoms with van der Waals surface area (Å²) >= 11 is 6.25. The molecule has 2 aromatic rings. The number of aromatic nitrogens is 1. The topological polar surface area (TPSA) is 39.3 Å². The van der Waals surface area contributed by atoms with Crippen molar-refractivity contribution in [2.24, 2.45) is 11.8 Å². The van der Waals surface area contributed by atoms with Crippen molar-refractivity contribution in [1.82, 2.24) is 14.8 Å². The number of rotatable bonds is 4. The standard InChI is InChI=1S/C22H28ClN3O/c1-13(2)9-20-21-17(18-10-15(23)3-6-19(18)24-21)7-8-26(20)22(27)14-11-25(12-14)16-4-5-16/h3,6,10,13-14,16,20,24H,4-5,7-9,11-12H2,1-2H3/t20-/m0/s1. The Morgan fingerprint density at radius 3 is 2.78 bits per heavy atom. The van der Waals surface area contributed by atoms with Crippen LogP contribution in [0.25, 0.3) is 10.9 Å². The van der Waals surface area contributed by atoms with E-state index in [0.717, 1.165) is 49.1 Å². The molecule has 1 atom stereocenters. The fourth-order valence-electron chi connectivity index (χ4n) is 4.94. The average molecular weight is 386 g/mol.